The van der Waals surface area contributed by atoms with Crippen LogP contribution in [0.3, 0.4) is 0 Å². The molecule has 1 unspecified atom stereocenters. The van der Waals surface area contributed by atoms with Crippen LogP contribution in [0.2, 0.25) is 0 Å². The van der Waals surface area contributed by atoms with E-state index in [4.69, 9.17) is 5.73 Å². The summed E-state index contributed by atoms with van der Waals surface area (Å²) in [5.74, 6) is 0. The van der Waals surface area contributed by atoms with E-state index in [9.17, 15) is 8.78 Å². The molecule has 1 aromatic carbocycles. The monoisotopic (exact) mass is 199 g/mol. The molecule has 1 aromatic rings. The highest BCUT2D eigenvalue weighted by Gasteiger charge is 2.09. The van der Waals surface area contributed by atoms with E-state index in [0.717, 1.165) is 11.1 Å². The van der Waals surface area contributed by atoms with Gasteiger partial charge >= 0.3 is 0 Å². The number of rotatable bonds is 3. The van der Waals surface area contributed by atoms with E-state index in [1.807, 2.05) is 13.8 Å². The summed E-state index contributed by atoms with van der Waals surface area (Å²) in [4.78, 5) is 0. The van der Waals surface area contributed by atoms with E-state index in [1.54, 1.807) is 12.1 Å². The summed E-state index contributed by atoms with van der Waals surface area (Å²) in [5.41, 5.74) is 7.64. The van der Waals surface area contributed by atoms with Crippen LogP contribution in [0.4, 0.5) is 8.78 Å². The van der Waals surface area contributed by atoms with E-state index in [2.05, 4.69) is 0 Å². The topological polar surface area (TPSA) is 26.0 Å². The Hall–Kier alpha value is -0.960. The standard InChI is InChI=1S/C11H15F2N/c1-7-3-4-9(11(12)13)6-10(7)5-8(2)14/h3-4,6,8,11H,5,14H2,1-2H3. The average Bonchev–Trinajstić information content (AvgIpc) is 2.07. The van der Waals surface area contributed by atoms with Gasteiger partial charge in [-0.05, 0) is 37.5 Å². The maximum Gasteiger partial charge on any atom is 0.263 e. The number of aryl methyl sites for hydroxylation is 1. The van der Waals surface area contributed by atoms with Crippen LogP contribution in [0, 0.1) is 6.92 Å². The molecule has 0 heterocycles. The number of benzene rings is 1. The molecular weight excluding hydrogens is 184 g/mol. The van der Waals surface area contributed by atoms with Crippen LogP contribution in [0.5, 0.6) is 0 Å². The van der Waals surface area contributed by atoms with Gasteiger partial charge in [0.25, 0.3) is 6.43 Å². The van der Waals surface area contributed by atoms with Crippen molar-refractivity contribution in [2.75, 3.05) is 0 Å². The van der Waals surface area contributed by atoms with Crippen molar-refractivity contribution in [3.8, 4) is 0 Å². The zero-order valence-electron chi connectivity index (χ0n) is 8.43. The summed E-state index contributed by atoms with van der Waals surface area (Å²) in [6.07, 6.45) is -1.76. The average molecular weight is 199 g/mol. The third-order valence-corrected chi connectivity index (χ3v) is 2.17. The van der Waals surface area contributed by atoms with Gasteiger partial charge in [-0.25, -0.2) is 8.78 Å². The molecule has 1 nitrogen and oxygen atoms in total. The quantitative estimate of drug-likeness (QED) is 0.795. The Bertz CT molecular complexity index is 308. The van der Waals surface area contributed by atoms with E-state index in [1.165, 1.54) is 6.07 Å². The lowest BCUT2D eigenvalue weighted by molar-refractivity contribution is 0.151. The smallest absolute Gasteiger partial charge is 0.263 e. The van der Waals surface area contributed by atoms with Gasteiger partial charge in [0.1, 0.15) is 0 Å². The molecule has 0 fully saturated rings. The van der Waals surface area contributed by atoms with Gasteiger partial charge in [-0.1, -0.05) is 12.1 Å². The van der Waals surface area contributed by atoms with Crippen molar-refractivity contribution >= 4 is 0 Å². The molecule has 0 bridgehead atoms. The van der Waals surface area contributed by atoms with Crippen LogP contribution in [0.1, 0.15) is 30.0 Å². The maximum absolute atomic E-state index is 12.4. The highest BCUT2D eigenvalue weighted by Crippen LogP contribution is 2.22. The van der Waals surface area contributed by atoms with E-state index >= 15 is 0 Å². The lowest BCUT2D eigenvalue weighted by Crippen LogP contribution is -2.18. The minimum absolute atomic E-state index is 0.00150. The van der Waals surface area contributed by atoms with Crippen molar-refractivity contribution < 1.29 is 8.78 Å². The number of nitrogens with two attached hydrogens (primary N) is 1. The van der Waals surface area contributed by atoms with Crippen molar-refractivity contribution in [1.29, 1.82) is 0 Å². The van der Waals surface area contributed by atoms with Crippen molar-refractivity contribution in [2.24, 2.45) is 5.73 Å². The van der Waals surface area contributed by atoms with Gasteiger partial charge < -0.3 is 5.73 Å². The first-order chi connectivity index (χ1) is 6.50. The summed E-state index contributed by atoms with van der Waals surface area (Å²) in [6.45, 7) is 3.78. The molecule has 14 heavy (non-hydrogen) atoms. The lowest BCUT2D eigenvalue weighted by Gasteiger charge is -2.10. The molecule has 0 spiro atoms. The predicted octanol–water partition coefficient (Wildman–Crippen LogP) is 2.82. The molecule has 0 aliphatic heterocycles. The Labute approximate surface area is 82.9 Å². The molecule has 0 saturated heterocycles. The number of hydrogen-bond donors (Lipinski definition) is 1. The Morgan fingerprint density at radius 3 is 2.50 bits per heavy atom. The lowest BCUT2D eigenvalue weighted by atomic mass is 10.00. The van der Waals surface area contributed by atoms with Crippen molar-refractivity contribution in [3.63, 3.8) is 0 Å². The van der Waals surface area contributed by atoms with Crippen molar-refractivity contribution in [1.82, 2.24) is 0 Å². The second-order valence-corrected chi connectivity index (χ2v) is 3.67. The zero-order valence-corrected chi connectivity index (χ0v) is 8.43. The normalized spacial score (nSPS) is 13.3. The highest BCUT2D eigenvalue weighted by atomic mass is 19.3. The molecule has 3 heteroatoms. The fourth-order valence-corrected chi connectivity index (χ4v) is 1.39. The van der Waals surface area contributed by atoms with Gasteiger partial charge in [-0.2, -0.15) is 0 Å². The summed E-state index contributed by atoms with van der Waals surface area (Å²) >= 11 is 0. The summed E-state index contributed by atoms with van der Waals surface area (Å²) in [6, 6.07) is 4.73. The minimum Gasteiger partial charge on any atom is -0.328 e. The van der Waals surface area contributed by atoms with E-state index < -0.39 is 6.43 Å². The largest absolute Gasteiger partial charge is 0.328 e. The van der Waals surface area contributed by atoms with Crippen LogP contribution in [0.25, 0.3) is 0 Å². The van der Waals surface area contributed by atoms with Gasteiger partial charge in [0.15, 0.2) is 0 Å². The van der Waals surface area contributed by atoms with Crippen LogP contribution in [-0.4, -0.2) is 6.04 Å². The van der Waals surface area contributed by atoms with Gasteiger partial charge in [-0.3, -0.25) is 0 Å². The molecular formula is C11H15F2N. The summed E-state index contributed by atoms with van der Waals surface area (Å²) in [5, 5.41) is 0. The highest BCUT2D eigenvalue weighted by molar-refractivity contribution is 5.32. The Morgan fingerprint density at radius 1 is 1.36 bits per heavy atom. The molecule has 0 aliphatic rings. The van der Waals surface area contributed by atoms with Gasteiger partial charge in [0, 0.05) is 11.6 Å². The SMILES string of the molecule is Cc1ccc(C(F)F)cc1CC(C)N. The predicted molar refractivity (Wildman–Crippen MR) is 53.5 cm³/mol. The fraction of sp³-hybridized carbons (Fsp3) is 0.455. The van der Waals surface area contributed by atoms with Crippen LogP contribution < -0.4 is 5.73 Å². The first kappa shape index (κ1) is 11.1. The van der Waals surface area contributed by atoms with Crippen LogP contribution in [-0.2, 0) is 6.42 Å². The molecule has 0 saturated carbocycles. The van der Waals surface area contributed by atoms with Crippen molar-refractivity contribution in [2.45, 2.75) is 32.7 Å². The summed E-state index contributed by atoms with van der Waals surface area (Å²) < 4.78 is 24.8. The molecule has 0 aromatic heterocycles. The first-order valence-corrected chi connectivity index (χ1v) is 4.64. The van der Waals surface area contributed by atoms with Crippen molar-refractivity contribution in [3.05, 3.63) is 34.9 Å². The molecule has 0 radical (unpaired) electrons. The molecule has 1 rings (SSSR count). The van der Waals surface area contributed by atoms with Gasteiger partial charge in [0.2, 0.25) is 0 Å². The van der Waals surface area contributed by atoms with E-state index in [0.29, 0.717) is 6.42 Å². The second-order valence-electron chi connectivity index (χ2n) is 3.67. The number of alkyl halides is 2. The molecule has 1 atom stereocenters. The maximum atomic E-state index is 12.4. The number of halogens is 2. The number of hydrogen-bond acceptors (Lipinski definition) is 1. The minimum atomic E-state index is -2.40. The summed E-state index contributed by atoms with van der Waals surface area (Å²) in [7, 11) is 0. The molecule has 78 valence electrons. The zero-order chi connectivity index (χ0) is 10.7. The Balaban J connectivity index is 2.96. The van der Waals surface area contributed by atoms with E-state index in [-0.39, 0.29) is 11.6 Å². The molecule has 0 aliphatic carbocycles. The van der Waals surface area contributed by atoms with Gasteiger partial charge in [0.05, 0.1) is 0 Å². The Kier molecular flexibility index (Phi) is 3.58. The third kappa shape index (κ3) is 2.77. The van der Waals surface area contributed by atoms with Gasteiger partial charge in [-0.15, -0.1) is 0 Å². The molecule has 0 amide bonds. The fourth-order valence-electron chi connectivity index (χ4n) is 1.39. The first-order valence-electron chi connectivity index (χ1n) is 4.64. The van der Waals surface area contributed by atoms with Crippen LogP contribution in [0.15, 0.2) is 18.2 Å². The molecule has 2 N–H and O–H groups in total. The van der Waals surface area contributed by atoms with Crippen LogP contribution >= 0.6 is 0 Å². The third-order valence-electron chi connectivity index (χ3n) is 2.17. The Morgan fingerprint density at radius 2 is 2.00 bits per heavy atom. The second kappa shape index (κ2) is 4.51.